The Morgan fingerprint density at radius 2 is 1.70 bits per heavy atom. The van der Waals surface area contributed by atoms with Crippen molar-refractivity contribution in [1.82, 2.24) is 14.3 Å². The maximum Gasteiger partial charge on any atom is 0.296 e. The van der Waals surface area contributed by atoms with E-state index in [9.17, 15) is 18.0 Å². The smallest absolute Gasteiger partial charge is 0.296 e. The molecule has 5 rings (SSSR count). The molecule has 10 heteroatoms. The summed E-state index contributed by atoms with van der Waals surface area (Å²) in [5.41, 5.74) is 1.21. The molecule has 0 atom stereocenters. The predicted molar refractivity (Wildman–Crippen MR) is 143 cm³/mol. The number of rotatable bonds is 6. The summed E-state index contributed by atoms with van der Waals surface area (Å²) < 4.78 is 31.9. The highest BCUT2D eigenvalue weighted by molar-refractivity contribution is 7.92. The first-order valence-corrected chi connectivity index (χ1v) is 12.9. The number of carbonyl (C=O) groups excluding carboxylic acids is 1. The predicted octanol–water partition coefficient (Wildman–Crippen LogP) is 4.09. The summed E-state index contributed by atoms with van der Waals surface area (Å²) in [5.74, 6) is -0.469. The zero-order chi connectivity index (χ0) is 26.2. The van der Waals surface area contributed by atoms with Gasteiger partial charge in [0, 0.05) is 41.5 Å². The molecular formula is C27H23N5O4S. The van der Waals surface area contributed by atoms with Crippen molar-refractivity contribution in [1.29, 1.82) is 0 Å². The number of sulfonamides is 1. The molecule has 3 aromatic carbocycles. The molecule has 0 aliphatic rings. The van der Waals surface area contributed by atoms with E-state index in [0.717, 1.165) is 10.8 Å². The number of aromatic nitrogens is 3. The summed E-state index contributed by atoms with van der Waals surface area (Å²) in [4.78, 5) is 30.1. The molecule has 186 valence electrons. The molecule has 0 radical (unpaired) electrons. The Bertz CT molecular complexity index is 1800. The second kappa shape index (κ2) is 9.40. The average molecular weight is 514 g/mol. The van der Waals surface area contributed by atoms with Crippen LogP contribution in [0.4, 0.5) is 11.4 Å². The van der Waals surface area contributed by atoms with E-state index in [0.29, 0.717) is 17.1 Å². The van der Waals surface area contributed by atoms with Gasteiger partial charge in [-0.3, -0.25) is 24.0 Å². The number of nitrogens with zero attached hydrogens (tertiary/aromatic N) is 3. The molecule has 0 fully saturated rings. The Morgan fingerprint density at radius 3 is 2.49 bits per heavy atom. The van der Waals surface area contributed by atoms with Crippen LogP contribution in [0.25, 0.3) is 16.5 Å². The maximum atomic E-state index is 13.3. The van der Waals surface area contributed by atoms with E-state index in [-0.39, 0.29) is 16.1 Å². The van der Waals surface area contributed by atoms with Crippen molar-refractivity contribution in [3.63, 3.8) is 0 Å². The fourth-order valence-electron chi connectivity index (χ4n) is 4.11. The number of carbonyl (C=O) groups is 1. The van der Waals surface area contributed by atoms with Crippen molar-refractivity contribution < 1.29 is 13.2 Å². The lowest BCUT2D eigenvalue weighted by Crippen LogP contribution is -2.23. The van der Waals surface area contributed by atoms with Crippen molar-refractivity contribution in [2.24, 2.45) is 7.05 Å². The van der Waals surface area contributed by atoms with Gasteiger partial charge < -0.3 is 5.32 Å². The summed E-state index contributed by atoms with van der Waals surface area (Å²) in [7, 11) is -2.50. The number of hydrogen-bond acceptors (Lipinski definition) is 5. The standard InChI is InChI=1S/C27H23N5O4S/c1-18-25(27(34)32(31(18)2)21-10-4-3-5-11-21)30-37(35,36)22-12-6-8-19(16-22)26(33)29-24-13-7-9-20-17-28-15-14-23(20)24/h3-17,30H,1-2H3,(H,29,33). The van der Waals surface area contributed by atoms with E-state index < -0.39 is 21.5 Å². The number of anilines is 2. The Kier molecular flexibility index (Phi) is 6.10. The number of benzene rings is 3. The maximum absolute atomic E-state index is 13.3. The molecule has 2 N–H and O–H groups in total. The highest BCUT2D eigenvalue weighted by Crippen LogP contribution is 2.24. The second-order valence-electron chi connectivity index (χ2n) is 8.43. The lowest BCUT2D eigenvalue weighted by Gasteiger charge is -2.10. The van der Waals surface area contributed by atoms with E-state index in [2.05, 4.69) is 15.0 Å². The number of fused-ring (bicyclic) bond motifs is 1. The molecular weight excluding hydrogens is 490 g/mol. The number of hydrogen-bond donors (Lipinski definition) is 2. The molecule has 5 aromatic rings. The van der Waals surface area contributed by atoms with E-state index in [1.165, 1.54) is 28.9 Å². The van der Waals surface area contributed by atoms with Crippen molar-refractivity contribution in [3.05, 3.63) is 113 Å². The molecule has 2 aromatic heterocycles. The summed E-state index contributed by atoms with van der Waals surface area (Å²) in [6, 6.07) is 21.8. The molecule has 0 unspecified atom stereocenters. The fraction of sp³-hybridized carbons (Fsp3) is 0.0741. The highest BCUT2D eigenvalue weighted by atomic mass is 32.2. The average Bonchev–Trinajstić information content (AvgIpc) is 3.12. The van der Waals surface area contributed by atoms with Crippen LogP contribution >= 0.6 is 0 Å². The molecule has 9 nitrogen and oxygen atoms in total. The van der Waals surface area contributed by atoms with Gasteiger partial charge >= 0.3 is 0 Å². The van der Waals surface area contributed by atoms with Gasteiger partial charge in [0.15, 0.2) is 0 Å². The van der Waals surface area contributed by atoms with Crippen LogP contribution in [-0.2, 0) is 17.1 Å². The molecule has 2 heterocycles. The zero-order valence-corrected chi connectivity index (χ0v) is 20.9. The minimum atomic E-state index is -4.17. The molecule has 0 spiro atoms. The van der Waals surface area contributed by atoms with Gasteiger partial charge in [0.25, 0.3) is 21.5 Å². The monoisotopic (exact) mass is 513 g/mol. The summed E-state index contributed by atoms with van der Waals surface area (Å²) in [6.45, 7) is 1.66. The van der Waals surface area contributed by atoms with Gasteiger partial charge in [-0.05, 0) is 49.4 Å². The molecule has 0 saturated carbocycles. The minimum Gasteiger partial charge on any atom is -0.321 e. The fourth-order valence-corrected chi connectivity index (χ4v) is 5.27. The number of amides is 1. The van der Waals surface area contributed by atoms with Crippen LogP contribution in [0, 0.1) is 6.92 Å². The van der Waals surface area contributed by atoms with Crippen LogP contribution in [-0.4, -0.2) is 28.7 Å². The highest BCUT2D eigenvalue weighted by Gasteiger charge is 2.23. The van der Waals surface area contributed by atoms with Crippen LogP contribution in [0.2, 0.25) is 0 Å². The van der Waals surface area contributed by atoms with E-state index in [1.807, 2.05) is 12.1 Å². The zero-order valence-electron chi connectivity index (χ0n) is 20.0. The minimum absolute atomic E-state index is 0.0643. The van der Waals surface area contributed by atoms with Crippen LogP contribution in [0.15, 0.2) is 101 Å². The number of pyridine rings is 1. The third kappa shape index (κ3) is 4.50. The SMILES string of the molecule is Cc1c(NS(=O)(=O)c2cccc(C(=O)Nc3cccc4cnccc34)c2)c(=O)n(-c2ccccc2)n1C. The molecule has 0 aliphatic carbocycles. The molecule has 0 saturated heterocycles. The third-order valence-electron chi connectivity index (χ3n) is 6.13. The first kappa shape index (κ1) is 24.0. The molecule has 0 bridgehead atoms. The Balaban J connectivity index is 1.45. The lowest BCUT2D eigenvalue weighted by molar-refractivity contribution is 0.102. The van der Waals surface area contributed by atoms with Gasteiger partial charge in [-0.25, -0.2) is 13.1 Å². The van der Waals surface area contributed by atoms with Crippen LogP contribution in [0.1, 0.15) is 16.1 Å². The van der Waals surface area contributed by atoms with Crippen molar-refractivity contribution in [3.8, 4) is 5.69 Å². The summed E-state index contributed by atoms with van der Waals surface area (Å²) >= 11 is 0. The Morgan fingerprint density at radius 1 is 0.946 bits per heavy atom. The van der Waals surface area contributed by atoms with Gasteiger partial charge in [0.05, 0.1) is 16.3 Å². The number of para-hydroxylation sites is 1. The van der Waals surface area contributed by atoms with Crippen LogP contribution < -0.4 is 15.6 Å². The first-order chi connectivity index (χ1) is 17.8. The van der Waals surface area contributed by atoms with Crippen LogP contribution in [0.3, 0.4) is 0 Å². The van der Waals surface area contributed by atoms with Crippen molar-refractivity contribution >= 4 is 38.1 Å². The third-order valence-corrected chi connectivity index (χ3v) is 7.47. The second-order valence-corrected chi connectivity index (χ2v) is 10.1. The topological polar surface area (TPSA) is 115 Å². The molecule has 37 heavy (non-hydrogen) atoms. The van der Waals surface area contributed by atoms with Gasteiger partial charge in [0.2, 0.25) is 0 Å². The number of nitrogens with one attached hydrogen (secondary N) is 2. The quantitative estimate of drug-likeness (QED) is 0.355. The van der Waals surface area contributed by atoms with E-state index in [4.69, 9.17) is 0 Å². The van der Waals surface area contributed by atoms with Crippen LogP contribution in [0.5, 0.6) is 0 Å². The molecule has 1 amide bonds. The van der Waals surface area contributed by atoms with E-state index in [1.54, 1.807) is 73.5 Å². The lowest BCUT2D eigenvalue weighted by atomic mass is 10.1. The van der Waals surface area contributed by atoms with Gasteiger partial charge in [-0.2, -0.15) is 0 Å². The Hall–Kier alpha value is -4.70. The van der Waals surface area contributed by atoms with E-state index >= 15 is 0 Å². The summed E-state index contributed by atoms with van der Waals surface area (Å²) in [6.07, 6.45) is 3.33. The van der Waals surface area contributed by atoms with Crippen molar-refractivity contribution in [2.45, 2.75) is 11.8 Å². The Labute approximate surface area is 213 Å². The van der Waals surface area contributed by atoms with Gasteiger partial charge in [-0.15, -0.1) is 0 Å². The normalized spacial score (nSPS) is 11.4. The largest absolute Gasteiger partial charge is 0.321 e. The molecule has 0 aliphatic heterocycles. The first-order valence-electron chi connectivity index (χ1n) is 11.4. The van der Waals surface area contributed by atoms with Gasteiger partial charge in [-0.1, -0.05) is 36.4 Å². The van der Waals surface area contributed by atoms with Crippen molar-refractivity contribution in [2.75, 3.05) is 10.0 Å². The summed E-state index contributed by atoms with van der Waals surface area (Å²) in [5, 5.41) is 4.51. The van der Waals surface area contributed by atoms with Gasteiger partial charge in [0.1, 0.15) is 5.69 Å².